The summed E-state index contributed by atoms with van der Waals surface area (Å²) in [5.74, 6) is 0.187. The first kappa shape index (κ1) is 22.2. The van der Waals surface area contributed by atoms with E-state index in [9.17, 15) is 18.0 Å². The number of benzene rings is 1. The lowest BCUT2D eigenvalue weighted by atomic mass is 10.2. The summed E-state index contributed by atoms with van der Waals surface area (Å²) in [6, 6.07) is 7.15. The number of nitrogens with zero attached hydrogens (tertiary/aromatic N) is 5. The normalized spacial score (nSPS) is 15.8. The van der Waals surface area contributed by atoms with E-state index in [-0.39, 0.29) is 35.0 Å². The van der Waals surface area contributed by atoms with Gasteiger partial charge in [-0.15, -0.1) is 0 Å². The lowest BCUT2D eigenvalue weighted by Gasteiger charge is -2.22. The molecule has 0 saturated carbocycles. The molecule has 0 atom stereocenters. The van der Waals surface area contributed by atoms with Crippen molar-refractivity contribution in [1.29, 1.82) is 0 Å². The number of sulfonamides is 1. The molecule has 0 aliphatic carbocycles. The van der Waals surface area contributed by atoms with Crippen molar-refractivity contribution in [1.82, 2.24) is 24.1 Å². The Hall–Kier alpha value is -3.05. The van der Waals surface area contributed by atoms with Crippen LogP contribution in [0, 0.1) is 13.8 Å². The van der Waals surface area contributed by atoms with E-state index in [0.717, 1.165) is 0 Å². The largest absolute Gasteiger partial charge is 0.360 e. The van der Waals surface area contributed by atoms with Gasteiger partial charge in [0, 0.05) is 38.0 Å². The Morgan fingerprint density at radius 2 is 1.91 bits per heavy atom. The van der Waals surface area contributed by atoms with Crippen LogP contribution < -0.4 is 5.43 Å². The van der Waals surface area contributed by atoms with Crippen LogP contribution in [0.5, 0.6) is 0 Å². The number of fused-ring (bicyclic) bond motifs is 1. The molecule has 11 heteroatoms. The van der Waals surface area contributed by atoms with Crippen LogP contribution in [0.1, 0.15) is 24.3 Å². The Labute approximate surface area is 185 Å². The molecule has 4 rings (SSSR count). The zero-order chi connectivity index (χ0) is 22.9. The van der Waals surface area contributed by atoms with Gasteiger partial charge in [0.05, 0.1) is 18.3 Å². The van der Waals surface area contributed by atoms with Gasteiger partial charge in [-0.05, 0) is 32.4 Å². The lowest BCUT2D eigenvalue weighted by Crippen LogP contribution is -2.38. The van der Waals surface area contributed by atoms with E-state index in [2.05, 4.69) is 10.3 Å². The smallest absolute Gasteiger partial charge is 0.248 e. The van der Waals surface area contributed by atoms with Crippen LogP contribution in [0.4, 0.5) is 0 Å². The molecule has 3 heterocycles. The predicted molar refractivity (Wildman–Crippen MR) is 117 cm³/mol. The molecule has 10 nitrogen and oxygen atoms in total. The van der Waals surface area contributed by atoms with E-state index in [1.807, 2.05) is 6.07 Å². The molecular formula is C21H25N5O5S. The minimum atomic E-state index is -3.74. The fourth-order valence-electron chi connectivity index (χ4n) is 4.05. The van der Waals surface area contributed by atoms with Crippen LogP contribution in [0.3, 0.4) is 0 Å². The van der Waals surface area contributed by atoms with Crippen molar-refractivity contribution in [3.8, 4) is 0 Å². The highest BCUT2D eigenvalue weighted by atomic mass is 32.2. The average molecular weight is 460 g/mol. The summed E-state index contributed by atoms with van der Waals surface area (Å²) in [5, 5.41) is 8.47. The summed E-state index contributed by atoms with van der Waals surface area (Å²) in [4.78, 5) is 26.6. The number of rotatable bonds is 5. The van der Waals surface area contributed by atoms with Crippen molar-refractivity contribution >= 4 is 26.8 Å². The minimum absolute atomic E-state index is 0.0776. The Kier molecular flexibility index (Phi) is 6.11. The molecular weight excluding hydrogens is 434 g/mol. The van der Waals surface area contributed by atoms with Crippen LogP contribution in [-0.4, -0.2) is 64.6 Å². The van der Waals surface area contributed by atoms with Crippen LogP contribution in [0.15, 0.2) is 44.7 Å². The third-order valence-electron chi connectivity index (χ3n) is 5.67. The Morgan fingerprint density at radius 3 is 2.66 bits per heavy atom. The quantitative estimate of drug-likeness (QED) is 0.564. The molecule has 1 aromatic carbocycles. The van der Waals surface area contributed by atoms with E-state index in [1.165, 1.54) is 10.5 Å². The molecule has 0 spiro atoms. The van der Waals surface area contributed by atoms with Crippen molar-refractivity contribution in [3.05, 3.63) is 52.1 Å². The van der Waals surface area contributed by atoms with E-state index in [1.54, 1.807) is 41.6 Å². The number of para-hydroxylation sites is 1. The van der Waals surface area contributed by atoms with Crippen molar-refractivity contribution in [2.75, 3.05) is 26.2 Å². The van der Waals surface area contributed by atoms with Gasteiger partial charge in [0.1, 0.15) is 10.6 Å². The van der Waals surface area contributed by atoms with Crippen LogP contribution in [-0.2, 0) is 21.4 Å². The molecule has 32 heavy (non-hydrogen) atoms. The van der Waals surface area contributed by atoms with Crippen LogP contribution in [0.25, 0.3) is 10.9 Å². The molecule has 1 aliphatic heterocycles. The highest BCUT2D eigenvalue weighted by Crippen LogP contribution is 2.24. The van der Waals surface area contributed by atoms with E-state index in [0.29, 0.717) is 49.2 Å². The minimum Gasteiger partial charge on any atom is -0.360 e. The van der Waals surface area contributed by atoms with Gasteiger partial charge in [-0.3, -0.25) is 14.3 Å². The molecule has 1 aliphatic rings. The lowest BCUT2D eigenvalue weighted by molar-refractivity contribution is -0.131. The van der Waals surface area contributed by atoms with Gasteiger partial charge in [-0.2, -0.15) is 9.40 Å². The van der Waals surface area contributed by atoms with Crippen LogP contribution in [0.2, 0.25) is 0 Å². The molecule has 170 valence electrons. The molecule has 3 aromatic rings. The van der Waals surface area contributed by atoms with Crippen molar-refractivity contribution in [2.24, 2.45) is 0 Å². The van der Waals surface area contributed by atoms with Gasteiger partial charge in [0.25, 0.3) is 0 Å². The number of carbonyl (C=O) groups excluding carboxylic acids is 1. The summed E-state index contributed by atoms with van der Waals surface area (Å²) in [5.41, 5.74) is 0.858. The fourth-order valence-corrected chi connectivity index (χ4v) is 5.82. The van der Waals surface area contributed by atoms with E-state index in [4.69, 9.17) is 4.52 Å². The Morgan fingerprint density at radius 1 is 1.12 bits per heavy atom. The van der Waals surface area contributed by atoms with Crippen molar-refractivity contribution < 1.29 is 17.7 Å². The highest BCUT2D eigenvalue weighted by molar-refractivity contribution is 7.89. The van der Waals surface area contributed by atoms with Gasteiger partial charge in [-0.25, -0.2) is 8.42 Å². The molecule has 2 aromatic heterocycles. The zero-order valence-electron chi connectivity index (χ0n) is 18.0. The monoisotopic (exact) mass is 459 g/mol. The number of hydrogen-bond donors (Lipinski definition) is 0. The van der Waals surface area contributed by atoms with Gasteiger partial charge < -0.3 is 9.42 Å². The first-order valence-corrected chi connectivity index (χ1v) is 11.9. The summed E-state index contributed by atoms with van der Waals surface area (Å²) >= 11 is 0. The molecule has 0 unspecified atom stereocenters. The van der Waals surface area contributed by atoms with Gasteiger partial charge in [0.15, 0.2) is 5.76 Å². The number of aromatic nitrogens is 3. The Balaban J connectivity index is 1.43. The summed E-state index contributed by atoms with van der Waals surface area (Å²) in [7, 11) is -3.74. The van der Waals surface area contributed by atoms with Gasteiger partial charge >= 0.3 is 0 Å². The van der Waals surface area contributed by atoms with Gasteiger partial charge in [-0.1, -0.05) is 17.3 Å². The number of hydrogen-bond acceptors (Lipinski definition) is 7. The first-order chi connectivity index (χ1) is 15.3. The molecule has 0 radical (unpaired) electrons. The summed E-state index contributed by atoms with van der Waals surface area (Å²) < 4.78 is 34.2. The van der Waals surface area contributed by atoms with Gasteiger partial charge in [0.2, 0.25) is 21.4 Å². The molecule has 0 bridgehead atoms. The topological polar surface area (TPSA) is 119 Å². The number of amides is 1. The standard InChI is InChI=1S/C21H25N5O5S/c1-15-21(16(2)31-23-15)32(29,30)25-10-5-9-24(12-13-25)20(28)8-11-26-18-7-4-3-6-17(18)19(27)14-22-26/h3-4,6-7,14H,5,8-13H2,1-2H3. The third kappa shape index (κ3) is 4.17. The molecule has 0 N–H and O–H groups in total. The average Bonchev–Trinajstić information content (AvgIpc) is 2.97. The summed E-state index contributed by atoms with van der Waals surface area (Å²) in [6.45, 7) is 4.82. The second-order valence-electron chi connectivity index (χ2n) is 7.79. The van der Waals surface area contributed by atoms with E-state index >= 15 is 0 Å². The SMILES string of the molecule is Cc1noc(C)c1S(=O)(=O)N1CCCN(C(=O)CCn2ncc(=O)c3ccccc32)CC1. The molecule has 1 amide bonds. The maximum atomic E-state index is 13.1. The maximum absolute atomic E-state index is 13.1. The van der Waals surface area contributed by atoms with Crippen LogP contribution >= 0.6 is 0 Å². The number of carbonyl (C=O) groups is 1. The van der Waals surface area contributed by atoms with Crippen molar-refractivity contribution in [2.45, 2.75) is 38.1 Å². The maximum Gasteiger partial charge on any atom is 0.248 e. The second kappa shape index (κ2) is 8.83. The van der Waals surface area contributed by atoms with E-state index < -0.39 is 10.0 Å². The predicted octanol–water partition coefficient (Wildman–Crippen LogP) is 1.31. The zero-order valence-corrected chi connectivity index (χ0v) is 18.8. The first-order valence-electron chi connectivity index (χ1n) is 10.4. The second-order valence-corrected chi connectivity index (χ2v) is 9.67. The fraction of sp³-hybridized carbons (Fsp3) is 0.429. The Bertz CT molecular complexity index is 1290. The molecule has 1 fully saturated rings. The number of aryl methyl sites for hydroxylation is 3. The third-order valence-corrected chi connectivity index (χ3v) is 7.82. The highest BCUT2D eigenvalue weighted by Gasteiger charge is 2.32. The van der Waals surface area contributed by atoms with Crippen molar-refractivity contribution in [3.63, 3.8) is 0 Å². The molecule has 1 saturated heterocycles. The summed E-state index contributed by atoms with van der Waals surface area (Å²) in [6.07, 6.45) is 2.00.